The molecule has 1 fully saturated rings. The fourth-order valence-electron chi connectivity index (χ4n) is 2.93. The molecule has 2 atom stereocenters. The van der Waals surface area contributed by atoms with E-state index in [9.17, 15) is 0 Å². The number of nitrogens with one attached hydrogen (secondary N) is 1. The zero-order chi connectivity index (χ0) is 13.9. The molecule has 106 valence electrons. The molecule has 1 aliphatic carbocycles. The molecular weight excluding hydrogens is 234 g/mol. The molecule has 1 aromatic carbocycles. The topological polar surface area (TPSA) is 21.3 Å². The molecule has 1 aromatic rings. The van der Waals surface area contributed by atoms with E-state index < -0.39 is 0 Å². The highest BCUT2D eigenvalue weighted by Gasteiger charge is 2.35. The van der Waals surface area contributed by atoms with Crippen molar-refractivity contribution in [2.45, 2.75) is 59.1 Å². The van der Waals surface area contributed by atoms with Gasteiger partial charge in [-0.05, 0) is 50.3 Å². The maximum absolute atomic E-state index is 6.25. The van der Waals surface area contributed by atoms with Crippen molar-refractivity contribution >= 4 is 0 Å². The quantitative estimate of drug-likeness (QED) is 0.886. The zero-order valence-electron chi connectivity index (χ0n) is 12.7. The van der Waals surface area contributed by atoms with E-state index in [1.807, 2.05) is 0 Å². The number of rotatable bonds is 4. The van der Waals surface area contributed by atoms with Gasteiger partial charge >= 0.3 is 0 Å². The lowest BCUT2D eigenvalue weighted by Gasteiger charge is -2.41. The lowest BCUT2D eigenvalue weighted by atomic mass is 9.74. The van der Waals surface area contributed by atoms with Gasteiger partial charge in [-0.3, -0.25) is 0 Å². The van der Waals surface area contributed by atoms with Crippen molar-refractivity contribution in [3.63, 3.8) is 0 Å². The molecule has 1 saturated carbocycles. The minimum atomic E-state index is 0.284. The Bertz CT molecular complexity index is 396. The Morgan fingerprint density at radius 2 is 1.95 bits per heavy atom. The highest BCUT2D eigenvalue weighted by molar-refractivity contribution is 5.26. The molecular formula is C17H27NO. The van der Waals surface area contributed by atoms with Crippen LogP contribution >= 0.6 is 0 Å². The third-order valence-corrected chi connectivity index (χ3v) is 4.11. The van der Waals surface area contributed by atoms with Gasteiger partial charge in [0.2, 0.25) is 0 Å². The summed E-state index contributed by atoms with van der Waals surface area (Å²) in [6.07, 6.45) is 3.89. The first-order valence-electron chi connectivity index (χ1n) is 7.47. The second-order valence-electron chi connectivity index (χ2n) is 6.54. The molecule has 0 heterocycles. The number of benzene rings is 1. The molecule has 2 unspecified atom stereocenters. The highest BCUT2D eigenvalue weighted by Crippen LogP contribution is 2.37. The van der Waals surface area contributed by atoms with E-state index in [4.69, 9.17) is 4.74 Å². The van der Waals surface area contributed by atoms with Gasteiger partial charge in [0.1, 0.15) is 11.9 Å². The maximum atomic E-state index is 6.25. The van der Waals surface area contributed by atoms with Crippen molar-refractivity contribution in [2.75, 3.05) is 6.54 Å². The van der Waals surface area contributed by atoms with E-state index >= 15 is 0 Å². The smallest absolute Gasteiger partial charge is 0.119 e. The predicted molar refractivity (Wildman–Crippen MR) is 80.7 cm³/mol. The predicted octanol–water partition coefficient (Wildman–Crippen LogP) is 3.93. The van der Waals surface area contributed by atoms with Crippen LogP contribution < -0.4 is 10.1 Å². The van der Waals surface area contributed by atoms with Crippen LogP contribution in [-0.2, 0) is 0 Å². The SMILES string of the molecule is CCNC1CCC(C)(C)CC1Oc1ccc(C)cc1. The van der Waals surface area contributed by atoms with Gasteiger partial charge in [0.15, 0.2) is 0 Å². The first-order chi connectivity index (χ1) is 9.00. The first-order valence-corrected chi connectivity index (χ1v) is 7.47. The van der Waals surface area contributed by atoms with Gasteiger partial charge in [-0.2, -0.15) is 0 Å². The van der Waals surface area contributed by atoms with Gasteiger partial charge in [0.25, 0.3) is 0 Å². The normalized spacial score (nSPS) is 26.1. The van der Waals surface area contributed by atoms with Crippen LogP contribution in [0.3, 0.4) is 0 Å². The molecule has 0 amide bonds. The van der Waals surface area contributed by atoms with Crippen molar-refractivity contribution < 1.29 is 4.74 Å². The largest absolute Gasteiger partial charge is 0.489 e. The van der Waals surface area contributed by atoms with Gasteiger partial charge < -0.3 is 10.1 Å². The Hall–Kier alpha value is -1.02. The van der Waals surface area contributed by atoms with Crippen LogP contribution in [0.15, 0.2) is 24.3 Å². The summed E-state index contributed by atoms with van der Waals surface area (Å²) in [4.78, 5) is 0. The van der Waals surface area contributed by atoms with Crippen LogP contribution in [0, 0.1) is 12.3 Å². The van der Waals surface area contributed by atoms with E-state index in [2.05, 4.69) is 57.3 Å². The van der Waals surface area contributed by atoms with Crippen LogP contribution in [0.4, 0.5) is 0 Å². The standard InChI is InChI=1S/C17H27NO/c1-5-18-15-10-11-17(3,4)12-16(15)19-14-8-6-13(2)7-9-14/h6-9,15-16,18H,5,10-12H2,1-4H3. The molecule has 19 heavy (non-hydrogen) atoms. The molecule has 2 rings (SSSR count). The summed E-state index contributed by atoms with van der Waals surface area (Å²) < 4.78 is 6.25. The number of hydrogen-bond donors (Lipinski definition) is 1. The molecule has 0 aliphatic heterocycles. The van der Waals surface area contributed by atoms with Crippen LogP contribution in [-0.4, -0.2) is 18.7 Å². The highest BCUT2D eigenvalue weighted by atomic mass is 16.5. The zero-order valence-corrected chi connectivity index (χ0v) is 12.7. The van der Waals surface area contributed by atoms with Gasteiger partial charge in [0, 0.05) is 6.04 Å². The van der Waals surface area contributed by atoms with Crippen molar-refractivity contribution in [2.24, 2.45) is 5.41 Å². The van der Waals surface area contributed by atoms with Crippen molar-refractivity contribution in [1.82, 2.24) is 5.32 Å². The summed E-state index contributed by atoms with van der Waals surface area (Å²) in [5.74, 6) is 0.996. The van der Waals surface area contributed by atoms with E-state index in [-0.39, 0.29) is 6.10 Å². The minimum Gasteiger partial charge on any atom is -0.489 e. The molecule has 0 saturated heterocycles. The third-order valence-electron chi connectivity index (χ3n) is 4.11. The summed E-state index contributed by atoms with van der Waals surface area (Å²) in [5.41, 5.74) is 1.67. The molecule has 0 spiro atoms. The average Bonchev–Trinajstić information content (AvgIpc) is 2.35. The Morgan fingerprint density at radius 3 is 2.58 bits per heavy atom. The molecule has 0 radical (unpaired) electrons. The minimum absolute atomic E-state index is 0.284. The Kier molecular flexibility index (Phi) is 4.51. The molecule has 0 bridgehead atoms. The molecule has 0 aromatic heterocycles. The number of hydrogen-bond acceptors (Lipinski definition) is 2. The van der Waals surface area contributed by atoms with Crippen molar-refractivity contribution in [3.05, 3.63) is 29.8 Å². The lowest BCUT2D eigenvalue weighted by molar-refractivity contribution is 0.0537. The summed E-state index contributed by atoms with van der Waals surface area (Å²) in [5, 5.41) is 3.58. The van der Waals surface area contributed by atoms with Gasteiger partial charge in [-0.25, -0.2) is 0 Å². The summed E-state index contributed by atoms with van der Waals surface area (Å²) >= 11 is 0. The van der Waals surface area contributed by atoms with Crippen LogP contribution in [0.1, 0.15) is 45.6 Å². The average molecular weight is 261 g/mol. The second kappa shape index (κ2) is 5.96. The number of aryl methyl sites for hydroxylation is 1. The number of likely N-dealkylation sites (N-methyl/N-ethyl adjacent to an activating group) is 1. The van der Waals surface area contributed by atoms with Gasteiger partial charge in [-0.15, -0.1) is 0 Å². The lowest BCUT2D eigenvalue weighted by Crippen LogP contribution is -2.49. The summed E-state index contributed by atoms with van der Waals surface area (Å²) in [6, 6.07) is 8.89. The van der Waals surface area contributed by atoms with Crippen LogP contribution in [0.5, 0.6) is 5.75 Å². The third kappa shape index (κ3) is 3.97. The van der Waals surface area contributed by atoms with Crippen molar-refractivity contribution in [1.29, 1.82) is 0 Å². The first kappa shape index (κ1) is 14.4. The van der Waals surface area contributed by atoms with E-state index in [0.717, 1.165) is 18.7 Å². The molecule has 2 heteroatoms. The van der Waals surface area contributed by atoms with Crippen LogP contribution in [0.2, 0.25) is 0 Å². The molecule has 1 N–H and O–H groups in total. The van der Waals surface area contributed by atoms with Crippen LogP contribution in [0.25, 0.3) is 0 Å². The summed E-state index contributed by atoms with van der Waals surface area (Å²) in [7, 11) is 0. The Labute approximate surface area is 117 Å². The Morgan fingerprint density at radius 1 is 1.26 bits per heavy atom. The maximum Gasteiger partial charge on any atom is 0.119 e. The summed E-state index contributed by atoms with van der Waals surface area (Å²) in [6.45, 7) is 9.98. The second-order valence-corrected chi connectivity index (χ2v) is 6.54. The number of ether oxygens (including phenoxy) is 1. The molecule has 1 aliphatic rings. The van der Waals surface area contributed by atoms with E-state index in [1.54, 1.807) is 0 Å². The fraction of sp³-hybridized carbons (Fsp3) is 0.647. The van der Waals surface area contributed by atoms with E-state index in [0.29, 0.717) is 11.5 Å². The van der Waals surface area contributed by atoms with E-state index in [1.165, 1.54) is 18.4 Å². The van der Waals surface area contributed by atoms with Gasteiger partial charge in [-0.1, -0.05) is 38.5 Å². The fourth-order valence-corrected chi connectivity index (χ4v) is 2.93. The monoisotopic (exact) mass is 261 g/mol. The Balaban J connectivity index is 2.06. The molecule has 2 nitrogen and oxygen atoms in total. The van der Waals surface area contributed by atoms with Crippen molar-refractivity contribution in [3.8, 4) is 5.75 Å². The van der Waals surface area contributed by atoms with Gasteiger partial charge in [0.05, 0.1) is 0 Å².